The molecule has 0 saturated carbocycles. The van der Waals surface area contributed by atoms with Crippen molar-refractivity contribution >= 4 is 34.6 Å². The lowest BCUT2D eigenvalue weighted by atomic mass is 9.88. The fourth-order valence-electron chi connectivity index (χ4n) is 2.90. The van der Waals surface area contributed by atoms with E-state index >= 15 is 0 Å². The first-order valence-corrected chi connectivity index (χ1v) is 8.33. The number of anilines is 1. The van der Waals surface area contributed by atoms with E-state index in [1.165, 1.54) is 17.5 Å². The van der Waals surface area contributed by atoms with Gasteiger partial charge in [-0.2, -0.15) is 0 Å². The van der Waals surface area contributed by atoms with Crippen LogP contribution in [-0.2, 0) is 6.42 Å². The van der Waals surface area contributed by atoms with Crippen molar-refractivity contribution in [2.45, 2.75) is 32.2 Å². The number of aryl methyl sites for hydroxylation is 2. The van der Waals surface area contributed by atoms with E-state index in [1.807, 2.05) is 25.1 Å². The highest BCUT2D eigenvalue weighted by Gasteiger charge is 2.20. The quantitative estimate of drug-likeness (QED) is 0.757. The maximum Gasteiger partial charge on any atom is 0.171 e. The van der Waals surface area contributed by atoms with E-state index in [2.05, 4.69) is 34.9 Å². The van der Waals surface area contributed by atoms with Crippen molar-refractivity contribution in [3.05, 3.63) is 64.2 Å². The van der Waals surface area contributed by atoms with Crippen LogP contribution >= 0.6 is 23.8 Å². The Labute approximate surface area is 141 Å². The van der Waals surface area contributed by atoms with Gasteiger partial charge >= 0.3 is 0 Å². The molecule has 2 aromatic rings. The van der Waals surface area contributed by atoms with Gasteiger partial charge in [0.15, 0.2) is 5.11 Å². The Kier molecular flexibility index (Phi) is 4.65. The van der Waals surface area contributed by atoms with Gasteiger partial charge in [0.1, 0.15) is 0 Å². The van der Waals surface area contributed by atoms with Gasteiger partial charge in [-0.1, -0.05) is 41.9 Å². The molecule has 2 aromatic carbocycles. The van der Waals surface area contributed by atoms with Crippen molar-refractivity contribution in [1.29, 1.82) is 0 Å². The maximum absolute atomic E-state index is 6.15. The van der Waals surface area contributed by atoms with Crippen molar-refractivity contribution in [1.82, 2.24) is 5.32 Å². The summed E-state index contributed by atoms with van der Waals surface area (Å²) in [6, 6.07) is 14.8. The zero-order chi connectivity index (χ0) is 15.5. The van der Waals surface area contributed by atoms with Crippen LogP contribution in [0.25, 0.3) is 0 Å². The number of thiocarbonyl (C=S) groups is 1. The second-order valence-corrected chi connectivity index (χ2v) is 6.52. The Bertz CT molecular complexity index is 699. The predicted molar refractivity (Wildman–Crippen MR) is 97.7 cm³/mol. The van der Waals surface area contributed by atoms with Gasteiger partial charge in [-0.3, -0.25) is 0 Å². The van der Waals surface area contributed by atoms with Gasteiger partial charge < -0.3 is 10.6 Å². The molecule has 1 unspecified atom stereocenters. The van der Waals surface area contributed by atoms with Crippen molar-refractivity contribution in [2.24, 2.45) is 0 Å². The third kappa shape index (κ3) is 3.42. The Morgan fingerprint density at radius 1 is 1.23 bits per heavy atom. The SMILES string of the molecule is Cc1ccc(NC(=S)NC2CCCc3ccccc32)cc1Cl. The Morgan fingerprint density at radius 2 is 2.05 bits per heavy atom. The predicted octanol–water partition coefficient (Wildman–Crippen LogP) is 5.01. The average Bonchev–Trinajstić information content (AvgIpc) is 2.51. The molecule has 0 fully saturated rings. The third-order valence-corrected chi connectivity index (χ3v) is 4.73. The van der Waals surface area contributed by atoms with Gasteiger partial charge in [0.25, 0.3) is 0 Å². The molecule has 0 saturated heterocycles. The maximum atomic E-state index is 6.15. The molecule has 4 heteroatoms. The molecule has 0 radical (unpaired) electrons. The molecule has 0 aromatic heterocycles. The van der Waals surface area contributed by atoms with Gasteiger partial charge in [-0.15, -0.1) is 0 Å². The highest BCUT2D eigenvalue weighted by molar-refractivity contribution is 7.80. The summed E-state index contributed by atoms with van der Waals surface area (Å²) < 4.78 is 0. The third-order valence-electron chi connectivity index (χ3n) is 4.10. The van der Waals surface area contributed by atoms with Crippen LogP contribution in [-0.4, -0.2) is 5.11 Å². The van der Waals surface area contributed by atoms with E-state index in [-0.39, 0.29) is 6.04 Å². The molecule has 3 rings (SSSR count). The zero-order valence-corrected chi connectivity index (χ0v) is 14.1. The van der Waals surface area contributed by atoms with Crippen molar-refractivity contribution in [2.75, 3.05) is 5.32 Å². The summed E-state index contributed by atoms with van der Waals surface area (Å²) in [5.74, 6) is 0. The van der Waals surface area contributed by atoms with E-state index in [1.54, 1.807) is 0 Å². The molecule has 1 atom stereocenters. The van der Waals surface area contributed by atoms with Gasteiger partial charge in [0, 0.05) is 10.7 Å². The first-order valence-electron chi connectivity index (χ1n) is 7.55. The molecule has 1 aliphatic rings. The summed E-state index contributed by atoms with van der Waals surface area (Å²) in [7, 11) is 0. The molecule has 0 spiro atoms. The van der Waals surface area contributed by atoms with Crippen molar-refractivity contribution in [3.8, 4) is 0 Å². The van der Waals surface area contributed by atoms with Crippen LogP contribution in [0, 0.1) is 6.92 Å². The van der Waals surface area contributed by atoms with E-state index in [9.17, 15) is 0 Å². The van der Waals surface area contributed by atoms with Crippen molar-refractivity contribution < 1.29 is 0 Å². The Hall–Kier alpha value is -1.58. The number of hydrogen-bond donors (Lipinski definition) is 2. The normalized spacial score (nSPS) is 16.7. The van der Waals surface area contributed by atoms with E-state index in [0.717, 1.165) is 29.1 Å². The number of rotatable bonds is 2. The lowest BCUT2D eigenvalue weighted by Gasteiger charge is -2.27. The zero-order valence-electron chi connectivity index (χ0n) is 12.5. The molecule has 0 bridgehead atoms. The first kappa shape index (κ1) is 15.3. The molecule has 0 heterocycles. The van der Waals surface area contributed by atoms with Gasteiger partial charge in [-0.25, -0.2) is 0 Å². The lowest BCUT2D eigenvalue weighted by molar-refractivity contribution is 0.529. The molecule has 0 aliphatic heterocycles. The summed E-state index contributed by atoms with van der Waals surface area (Å²) in [5, 5.41) is 8.05. The highest BCUT2D eigenvalue weighted by Crippen LogP contribution is 2.29. The minimum absolute atomic E-state index is 0.283. The Morgan fingerprint density at radius 3 is 2.86 bits per heavy atom. The van der Waals surface area contributed by atoms with E-state index in [4.69, 9.17) is 23.8 Å². The minimum Gasteiger partial charge on any atom is -0.356 e. The van der Waals surface area contributed by atoms with E-state index < -0.39 is 0 Å². The topological polar surface area (TPSA) is 24.1 Å². The first-order chi connectivity index (χ1) is 10.6. The average molecular weight is 331 g/mol. The summed E-state index contributed by atoms with van der Waals surface area (Å²) in [4.78, 5) is 0. The molecule has 22 heavy (non-hydrogen) atoms. The van der Waals surface area contributed by atoms with Crippen LogP contribution in [0.15, 0.2) is 42.5 Å². The summed E-state index contributed by atoms with van der Waals surface area (Å²) in [6.45, 7) is 1.99. The van der Waals surface area contributed by atoms with Crippen LogP contribution in [0.5, 0.6) is 0 Å². The van der Waals surface area contributed by atoms with Gasteiger partial charge in [-0.05, 0) is 67.2 Å². The van der Waals surface area contributed by atoms with Gasteiger partial charge in [0.05, 0.1) is 6.04 Å². The molecule has 0 amide bonds. The van der Waals surface area contributed by atoms with Crippen LogP contribution < -0.4 is 10.6 Å². The number of benzene rings is 2. The molecular weight excluding hydrogens is 312 g/mol. The number of fused-ring (bicyclic) bond motifs is 1. The van der Waals surface area contributed by atoms with Crippen molar-refractivity contribution in [3.63, 3.8) is 0 Å². The van der Waals surface area contributed by atoms with Crippen LogP contribution in [0.2, 0.25) is 5.02 Å². The molecule has 2 nitrogen and oxygen atoms in total. The summed E-state index contributed by atoms with van der Waals surface area (Å²) >= 11 is 11.6. The molecule has 2 N–H and O–H groups in total. The summed E-state index contributed by atoms with van der Waals surface area (Å²) in [5.41, 5.74) is 4.76. The molecular formula is C18H19ClN2S. The minimum atomic E-state index is 0.283. The fourth-order valence-corrected chi connectivity index (χ4v) is 3.34. The van der Waals surface area contributed by atoms with Gasteiger partial charge in [0.2, 0.25) is 0 Å². The lowest BCUT2D eigenvalue weighted by Crippen LogP contribution is -2.34. The molecule has 114 valence electrons. The van der Waals surface area contributed by atoms with Crippen LogP contribution in [0.3, 0.4) is 0 Å². The fraction of sp³-hybridized carbons (Fsp3) is 0.278. The summed E-state index contributed by atoms with van der Waals surface area (Å²) in [6.07, 6.45) is 3.45. The largest absolute Gasteiger partial charge is 0.356 e. The number of halogens is 1. The second kappa shape index (κ2) is 6.67. The monoisotopic (exact) mass is 330 g/mol. The second-order valence-electron chi connectivity index (χ2n) is 5.71. The number of hydrogen-bond acceptors (Lipinski definition) is 1. The smallest absolute Gasteiger partial charge is 0.171 e. The Balaban J connectivity index is 1.69. The molecule has 1 aliphatic carbocycles. The standard InChI is InChI=1S/C18H19ClN2S/c1-12-9-10-14(11-16(12)19)20-18(22)21-17-8-4-6-13-5-2-3-7-15(13)17/h2-3,5,7,9-11,17H,4,6,8H2,1H3,(H2,20,21,22). The van der Waals surface area contributed by atoms with Crippen LogP contribution in [0.1, 0.15) is 35.6 Å². The van der Waals surface area contributed by atoms with Crippen LogP contribution in [0.4, 0.5) is 5.69 Å². The highest BCUT2D eigenvalue weighted by atomic mass is 35.5. The number of nitrogens with one attached hydrogen (secondary N) is 2. The van der Waals surface area contributed by atoms with E-state index in [0.29, 0.717) is 5.11 Å².